The van der Waals surface area contributed by atoms with Gasteiger partial charge in [-0.1, -0.05) is 64.5 Å². The van der Waals surface area contributed by atoms with Crippen molar-refractivity contribution < 1.29 is 18.0 Å². The Hall–Kier alpha value is -3.17. The molecule has 3 aromatic carbocycles. The van der Waals surface area contributed by atoms with Crippen molar-refractivity contribution in [1.82, 2.24) is 10.2 Å². The molecule has 196 valence electrons. The summed E-state index contributed by atoms with van der Waals surface area (Å²) < 4.78 is 29.2. The molecule has 0 aromatic heterocycles. The number of carbonyl (C=O) groups excluding carboxylic acids is 2. The number of sulfonamides is 1. The molecular weight excluding hydrogens is 554 g/mol. The average molecular weight is 587 g/mol. The second-order valence-electron chi connectivity index (χ2n) is 8.96. The Kier molecular flexibility index (Phi) is 9.88. The molecule has 0 saturated carbocycles. The highest BCUT2D eigenvalue weighted by Gasteiger charge is 2.32. The van der Waals surface area contributed by atoms with Crippen LogP contribution in [0.15, 0.2) is 94.3 Å². The summed E-state index contributed by atoms with van der Waals surface area (Å²) in [7, 11) is -4.06. The minimum absolute atomic E-state index is 0.0761. The normalized spacial score (nSPS) is 12.1. The van der Waals surface area contributed by atoms with Crippen molar-refractivity contribution in [3.63, 3.8) is 0 Å². The third-order valence-corrected chi connectivity index (χ3v) is 8.12. The summed E-state index contributed by atoms with van der Waals surface area (Å²) in [5.41, 5.74) is 1.36. The summed E-state index contributed by atoms with van der Waals surface area (Å²) in [4.78, 5) is 28.2. The second kappa shape index (κ2) is 12.9. The van der Waals surface area contributed by atoms with E-state index in [0.717, 1.165) is 14.3 Å². The zero-order chi connectivity index (χ0) is 27.0. The van der Waals surface area contributed by atoms with Gasteiger partial charge in [0.15, 0.2) is 0 Å². The van der Waals surface area contributed by atoms with Crippen LogP contribution in [0.5, 0.6) is 0 Å². The number of nitrogens with one attached hydrogen (secondary N) is 1. The summed E-state index contributed by atoms with van der Waals surface area (Å²) in [5, 5.41) is 2.85. The minimum Gasteiger partial charge on any atom is -0.352 e. The molecule has 7 nitrogen and oxygen atoms in total. The zero-order valence-corrected chi connectivity index (χ0v) is 23.6. The fraction of sp³-hybridized carbons (Fsp3) is 0.286. The van der Waals surface area contributed by atoms with E-state index in [9.17, 15) is 18.0 Å². The molecule has 0 heterocycles. The van der Waals surface area contributed by atoms with Crippen LogP contribution < -0.4 is 9.62 Å². The second-order valence-corrected chi connectivity index (χ2v) is 11.7. The Morgan fingerprint density at radius 2 is 1.43 bits per heavy atom. The average Bonchev–Trinajstić information content (AvgIpc) is 2.88. The number of nitrogens with zero attached hydrogens (tertiary/aromatic N) is 2. The van der Waals surface area contributed by atoms with Crippen LogP contribution in [0, 0.1) is 0 Å². The number of amides is 2. The van der Waals surface area contributed by atoms with Gasteiger partial charge in [-0.2, -0.15) is 0 Å². The van der Waals surface area contributed by atoms with E-state index < -0.39 is 28.5 Å². The SMILES string of the molecule is CC(C)NC(=O)C(C)N(CCc1ccccc1)C(=O)CN(c1ccc(Br)cc1)S(=O)(=O)c1ccccc1. The topological polar surface area (TPSA) is 86.8 Å². The molecule has 2 amide bonds. The van der Waals surface area contributed by atoms with Gasteiger partial charge in [0.25, 0.3) is 10.0 Å². The molecule has 9 heteroatoms. The first-order valence-corrected chi connectivity index (χ1v) is 14.3. The number of benzene rings is 3. The van der Waals surface area contributed by atoms with Crippen molar-refractivity contribution >= 4 is 43.5 Å². The van der Waals surface area contributed by atoms with Gasteiger partial charge in [0.05, 0.1) is 10.6 Å². The molecule has 0 spiro atoms. The molecule has 0 aliphatic heterocycles. The molecular formula is C28H32BrN3O4S. The Morgan fingerprint density at radius 1 is 0.865 bits per heavy atom. The van der Waals surface area contributed by atoms with Gasteiger partial charge >= 0.3 is 0 Å². The predicted molar refractivity (Wildman–Crippen MR) is 150 cm³/mol. The van der Waals surface area contributed by atoms with Crippen molar-refractivity contribution in [3.05, 3.63) is 95.0 Å². The highest BCUT2D eigenvalue weighted by atomic mass is 79.9. The van der Waals surface area contributed by atoms with Gasteiger partial charge in [0, 0.05) is 17.1 Å². The number of hydrogen-bond acceptors (Lipinski definition) is 4. The van der Waals surface area contributed by atoms with Crippen LogP contribution in [-0.4, -0.2) is 50.3 Å². The van der Waals surface area contributed by atoms with Gasteiger partial charge in [-0.3, -0.25) is 13.9 Å². The molecule has 1 unspecified atom stereocenters. The van der Waals surface area contributed by atoms with E-state index in [2.05, 4.69) is 21.2 Å². The molecule has 0 aliphatic carbocycles. The molecule has 0 aliphatic rings. The standard InChI is InChI=1S/C28H32BrN3O4S/c1-21(2)30-28(34)22(3)31(19-18-23-10-6-4-7-11-23)27(33)20-32(25-16-14-24(29)15-17-25)37(35,36)26-12-8-5-9-13-26/h4-17,21-22H,18-20H2,1-3H3,(H,30,34). The van der Waals surface area contributed by atoms with Crippen LogP contribution in [-0.2, 0) is 26.0 Å². The van der Waals surface area contributed by atoms with E-state index in [1.54, 1.807) is 49.4 Å². The van der Waals surface area contributed by atoms with Crippen molar-refractivity contribution in [2.75, 3.05) is 17.4 Å². The van der Waals surface area contributed by atoms with E-state index in [-0.39, 0.29) is 23.4 Å². The maximum Gasteiger partial charge on any atom is 0.264 e. The van der Waals surface area contributed by atoms with Crippen molar-refractivity contribution in [2.24, 2.45) is 0 Å². The number of halogens is 1. The lowest BCUT2D eigenvalue weighted by molar-refractivity contribution is -0.139. The molecule has 1 N–H and O–H groups in total. The molecule has 0 fully saturated rings. The lowest BCUT2D eigenvalue weighted by Gasteiger charge is -2.32. The van der Waals surface area contributed by atoms with E-state index in [0.29, 0.717) is 12.1 Å². The molecule has 37 heavy (non-hydrogen) atoms. The minimum atomic E-state index is -4.06. The molecule has 0 radical (unpaired) electrons. The third-order valence-electron chi connectivity index (χ3n) is 5.81. The van der Waals surface area contributed by atoms with Gasteiger partial charge in [0.1, 0.15) is 12.6 Å². The van der Waals surface area contributed by atoms with Crippen molar-refractivity contribution in [3.8, 4) is 0 Å². The smallest absolute Gasteiger partial charge is 0.264 e. The highest BCUT2D eigenvalue weighted by molar-refractivity contribution is 9.10. The lowest BCUT2D eigenvalue weighted by atomic mass is 10.1. The van der Waals surface area contributed by atoms with E-state index in [1.807, 2.05) is 44.2 Å². The monoisotopic (exact) mass is 585 g/mol. The van der Waals surface area contributed by atoms with Gasteiger partial charge in [-0.25, -0.2) is 8.42 Å². The predicted octanol–water partition coefficient (Wildman–Crippen LogP) is 4.63. The van der Waals surface area contributed by atoms with Crippen LogP contribution in [0.3, 0.4) is 0 Å². The number of carbonyl (C=O) groups is 2. The lowest BCUT2D eigenvalue weighted by Crippen LogP contribution is -2.53. The number of hydrogen-bond donors (Lipinski definition) is 1. The fourth-order valence-electron chi connectivity index (χ4n) is 3.83. The molecule has 1 atom stereocenters. The van der Waals surface area contributed by atoms with E-state index >= 15 is 0 Å². The Morgan fingerprint density at radius 3 is 2.00 bits per heavy atom. The Labute approximate surface area is 227 Å². The maximum atomic E-state index is 13.8. The van der Waals surface area contributed by atoms with Crippen LogP contribution >= 0.6 is 15.9 Å². The molecule has 0 saturated heterocycles. The van der Waals surface area contributed by atoms with Crippen LogP contribution in [0.25, 0.3) is 0 Å². The molecule has 3 rings (SSSR count). The number of anilines is 1. The van der Waals surface area contributed by atoms with Crippen LogP contribution in [0.2, 0.25) is 0 Å². The van der Waals surface area contributed by atoms with Gasteiger partial charge in [0.2, 0.25) is 11.8 Å². The van der Waals surface area contributed by atoms with E-state index in [4.69, 9.17) is 0 Å². The first kappa shape index (κ1) is 28.4. The highest BCUT2D eigenvalue weighted by Crippen LogP contribution is 2.25. The summed E-state index contributed by atoms with van der Waals surface area (Å²) in [6, 6.07) is 23.5. The van der Waals surface area contributed by atoms with Crippen molar-refractivity contribution in [2.45, 2.75) is 44.2 Å². The number of rotatable bonds is 11. The quantitative estimate of drug-likeness (QED) is 0.355. The first-order valence-electron chi connectivity index (χ1n) is 12.1. The first-order chi connectivity index (χ1) is 17.6. The molecule has 0 bridgehead atoms. The molecule has 3 aromatic rings. The fourth-order valence-corrected chi connectivity index (χ4v) is 5.53. The zero-order valence-electron chi connectivity index (χ0n) is 21.2. The summed E-state index contributed by atoms with van der Waals surface area (Å²) >= 11 is 3.37. The largest absolute Gasteiger partial charge is 0.352 e. The van der Waals surface area contributed by atoms with Gasteiger partial charge < -0.3 is 10.2 Å². The summed E-state index contributed by atoms with van der Waals surface area (Å²) in [5.74, 6) is -0.762. The Bertz CT molecular complexity index is 1280. The van der Waals surface area contributed by atoms with Gasteiger partial charge in [-0.05, 0) is 69.2 Å². The van der Waals surface area contributed by atoms with Crippen molar-refractivity contribution in [1.29, 1.82) is 0 Å². The maximum absolute atomic E-state index is 13.8. The van der Waals surface area contributed by atoms with Gasteiger partial charge in [-0.15, -0.1) is 0 Å². The van der Waals surface area contributed by atoms with Crippen LogP contribution in [0.1, 0.15) is 26.3 Å². The van der Waals surface area contributed by atoms with Crippen LogP contribution in [0.4, 0.5) is 5.69 Å². The summed E-state index contributed by atoms with van der Waals surface area (Å²) in [6.45, 7) is 5.17. The summed E-state index contributed by atoms with van der Waals surface area (Å²) in [6.07, 6.45) is 0.523. The Balaban J connectivity index is 1.95. The third kappa shape index (κ3) is 7.66. The van der Waals surface area contributed by atoms with E-state index in [1.165, 1.54) is 17.0 Å².